The summed E-state index contributed by atoms with van der Waals surface area (Å²) in [6, 6.07) is 8.97. The summed E-state index contributed by atoms with van der Waals surface area (Å²) in [7, 11) is 0. The Morgan fingerprint density at radius 1 is 1.29 bits per heavy atom. The molecule has 0 spiro atoms. The van der Waals surface area contributed by atoms with E-state index >= 15 is 0 Å². The Morgan fingerprint density at radius 3 is 3.05 bits per heavy atom. The summed E-state index contributed by atoms with van der Waals surface area (Å²) in [6.45, 7) is 2.25. The molecule has 0 bridgehead atoms. The zero-order valence-electron chi connectivity index (χ0n) is 11.7. The van der Waals surface area contributed by atoms with Crippen molar-refractivity contribution >= 4 is 33.1 Å². The van der Waals surface area contributed by atoms with Crippen molar-refractivity contribution in [1.82, 2.24) is 14.4 Å². The van der Waals surface area contributed by atoms with Gasteiger partial charge in [0.15, 0.2) is 11.5 Å². The van der Waals surface area contributed by atoms with Gasteiger partial charge in [-0.2, -0.15) is 0 Å². The number of anilines is 2. The van der Waals surface area contributed by atoms with Gasteiger partial charge in [0.25, 0.3) is 0 Å². The zero-order chi connectivity index (χ0) is 14.4. The first-order valence-corrected chi connectivity index (χ1v) is 7.89. The summed E-state index contributed by atoms with van der Waals surface area (Å²) in [5, 5.41) is 0. The fraction of sp³-hybridized carbons (Fsp3) is 0.250. The number of halogens is 1. The molecule has 4 rings (SSSR count). The van der Waals surface area contributed by atoms with Gasteiger partial charge >= 0.3 is 0 Å². The fourth-order valence-electron chi connectivity index (χ4n) is 3.06. The average Bonchev–Trinajstić information content (AvgIpc) is 2.94. The van der Waals surface area contributed by atoms with Crippen molar-refractivity contribution in [1.29, 1.82) is 0 Å². The van der Waals surface area contributed by atoms with Crippen molar-refractivity contribution in [3.05, 3.63) is 53.0 Å². The van der Waals surface area contributed by atoms with E-state index in [9.17, 15) is 0 Å². The minimum Gasteiger partial charge on any atom is -0.320 e. The first-order valence-electron chi connectivity index (χ1n) is 7.10. The highest BCUT2D eigenvalue weighted by Crippen LogP contribution is 2.37. The van der Waals surface area contributed by atoms with E-state index in [-0.39, 0.29) is 0 Å². The van der Waals surface area contributed by atoms with Crippen LogP contribution in [-0.2, 0) is 6.42 Å². The van der Waals surface area contributed by atoms with Crippen LogP contribution >= 0.6 is 15.9 Å². The molecular formula is C16H15BrN4. The lowest BCUT2D eigenvalue weighted by molar-refractivity contribution is 0.613. The number of para-hydroxylation sites is 1. The Labute approximate surface area is 131 Å². The van der Waals surface area contributed by atoms with Gasteiger partial charge in [0.2, 0.25) is 0 Å². The van der Waals surface area contributed by atoms with Crippen molar-refractivity contribution in [3.63, 3.8) is 0 Å². The molecule has 0 fully saturated rings. The van der Waals surface area contributed by atoms with Crippen LogP contribution in [0.25, 0.3) is 5.65 Å². The molecule has 2 aromatic heterocycles. The molecule has 1 aromatic carbocycles. The molecule has 21 heavy (non-hydrogen) atoms. The van der Waals surface area contributed by atoms with Gasteiger partial charge in [-0.05, 0) is 47.3 Å². The van der Waals surface area contributed by atoms with Crippen LogP contribution in [-0.4, -0.2) is 20.4 Å². The van der Waals surface area contributed by atoms with Crippen molar-refractivity contribution in [2.75, 3.05) is 4.90 Å². The van der Waals surface area contributed by atoms with E-state index in [1.807, 2.05) is 23.0 Å². The predicted molar refractivity (Wildman–Crippen MR) is 87.1 cm³/mol. The molecule has 0 saturated carbocycles. The van der Waals surface area contributed by atoms with E-state index in [4.69, 9.17) is 4.98 Å². The van der Waals surface area contributed by atoms with E-state index in [1.165, 1.54) is 11.3 Å². The number of nitrogens with zero attached hydrogens (tertiary/aromatic N) is 4. The average molecular weight is 343 g/mol. The number of fused-ring (bicyclic) bond motifs is 2. The normalized spacial score (nSPS) is 18.0. The minimum absolute atomic E-state index is 0.405. The lowest BCUT2D eigenvalue weighted by atomic mass is 9.97. The topological polar surface area (TPSA) is 33.4 Å². The molecule has 5 heteroatoms. The summed E-state index contributed by atoms with van der Waals surface area (Å²) >= 11 is 3.51. The lowest BCUT2D eigenvalue weighted by Crippen LogP contribution is -2.34. The highest BCUT2D eigenvalue weighted by molar-refractivity contribution is 9.10. The number of aromatic nitrogens is 3. The van der Waals surface area contributed by atoms with Gasteiger partial charge in [-0.1, -0.05) is 18.2 Å². The molecule has 0 aliphatic carbocycles. The van der Waals surface area contributed by atoms with Gasteiger partial charge in [0, 0.05) is 30.3 Å². The Morgan fingerprint density at radius 2 is 2.14 bits per heavy atom. The summed E-state index contributed by atoms with van der Waals surface area (Å²) in [4.78, 5) is 11.5. The molecule has 3 aromatic rings. The third-order valence-electron chi connectivity index (χ3n) is 4.08. The van der Waals surface area contributed by atoms with Gasteiger partial charge in [-0.25, -0.2) is 9.97 Å². The van der Waals surface area contributed by atoms with Crippen LogP contribution in [0.15, 0.2) is 47.5 Å². The van der Waals surface area contributed by atoms with Crippen LogP contribution in [0, 0.1) is 0 Å². The number of benzene rings is 1. The highest BCUT2D eigenvalue weighted by Gasteiger charge is 2.27. The lowest BCUT2D eigenvalue weighted by Gasteiger charge is -2.36. The number of hydrogen-bond acceptors (Lipinski definition) is 3. The molecule has 4 nitrogen and oxygen atoms in total. The van der Waals surface area contributed by atoms with Crippen molar-refractivity contribution < 1.29 is 0 Å². The number of imidazole rings is 1. The third-order valence-corrected chi connectivity index (χ3v) is 4.46. The molecule has 1 aliphatic rings. The maximum atomic E-state index is 4.71. The standard InChI is InChI=1S/C16H15BrN4/c1-11-6-7-12-4-2-3-5-13(12)21(11)16-15-18-8-9-20(15)10-14(17)19-16/h2-5,8-11H,6-7H2,1H3. The van der Waals surface area contributed by atoms with E-state index in [0.717, 1.165) is 28.9 Å². The second-order valence-electron chi connectivity index (χ2n) is 5.43. The quantitative estimate of drug-likeness (QED) is 0.671. The van der Waals surface area contributed by atoms with Crippen LogP contribution < -0.4 is 4.90 Å². The number of rotatable bonds is 1. The SMILES string of the molecule is CC1CCc2ccccc2N1c1nc(Br)cn2ccnc12. The predicted octanol–water partition coefficient (Wildman–Crippen LogP) is 3.96. The molecular weight excluding hydrogens is 328 g/mol. The maximum absolute atomic E-state index is 4.71. The summed E-state index contributed by atoms with van der Waals surface area (Å²) < 4.78 is 2.83. The second-order valence-corrected chi connectivity index (χ2v) is 6.24. The van der Waals surface area contributed by atoms with E-state index in [0.29, 0.717) is 6.04 Å². The van der Waals surface area contributed by atoms with Gasteiger partial charge in [0.05, 0.1) is 0 Å². The highest BCUT2D eigenvalue weighted by atomic mass is 79.9. The Balaban J connectivity index is 1.97. The van der Waals surface area contributed by atoms with Crippen LogP contribution in [0.4, 0.5) is 11.5 Å². The Bertz CT molecular complexity index is 811. The number of aryl methyl sites for hydroxylation is 1. The molecule has 3 heterocycles. The smallest absolute Gasteiger partial charge is 0.180 e. The first kappa shape index (κ1) is 12.8. The van der Waals surface area contributed by atoms with Gasteiger partial charge in [0.1, 0.15) is 4.60 Å². The maximum Gasteiger partial charge on any atom is 0.180 e. The van der Waals surface area contributed by atoms with E-state index in [1.54, 1.807) is 0 Å². The first-order chi connectivity index (χ1) is 10.2. The fourth-order valence-corrected chi connectivity index (χ4v) is 3.45. The molecule has 0 amide bonds. The molecule has 0 radical (unpaired) electrons. The molecule has 1 unspecified atom stereocenters. The Kier molecular flexibility index (Phi) is 2.96. The van der Waals surface area contributed by atoms with Crippen LogP contribution in [0.2, 0.25) is 0 Å². The van der Waals surface area contributed by atoms with Gasteiger partial charge in [-0.3, -0.25) is 0 Å². The van der Waals surface area contributed by atoms with Crippen LogP contribution in [0.1, 0.15) is 18.9 Å². The van der Waals surface area contributed by atoms with E-state index in [2.05, 4.69) is 57.0 Å². The van der Waals surface area contributed by atoms with Crippen molar-refractivity contribution in [2.45, 2.75) is 25.8 Å². The summed E-state index contributed by atoms with van der Waals surface area (Å²) in [6.07, 6.45) is 7.94. The van der Waals surface area contributed by atoms with Gasteiger partial charge in [-0.15, -0.1) is 0 Å². The molecule has 0 N–H and O–H groups in total. The molecule has 0 saturated heterocycles. The summed E-state index contributed by atoms with van der Waals surface area (Å²) in [5.41, 5.74) is 3.51. The van der Waals surface area contributed by atoms with Crippen LogP contribution in [0.5, 0.6) is 0 Å². The van der Waals surface area contributed by atoms with Crippen molar-refractivity contribution in [3.8, 4) is 0 Å². The molecule has 106 valence electrons. The number of hydrogen-bond donors (Lipinski definition) is 0. The second kappa shape index (κ2) is 4.84. The minimum atomic E-state index is 0.405. The van der Waals surface area contributed by atoms with Crippen molar-refractivity contribution in [2.24, 2.45) is 0 Å². The zero-order valence-corrected chi connectivity index (χ0v) is 13.3. The molecule has 1 aliphatic heterocycles. The summed E-state index contributed by atoms with van der Waals surface area (Å²) in [5.74, 6) is 0.911. The van der Waals surface area contributed by atoms with E-state index < -0.39 is 0 Å². The Hall–Kier alpha value is -1.88. The largest absolute Gasteiger partial charge is 0.320 e. The van der Waals surface area contributed by atoms with Gasteiger partial charge < -0.3 is 9.30 Å². The molecule has 1 atom stereocenters. The van der Waals surface area contributed by atoms with Crippen LogP contribution in [0.3, 0.4) is 0 Å². The third kappa shape index (κ3) is 2.03. The monoisotopic (exact) mass is 342 g/mol.